The molecule has 6 heteroatoms. The standard InChI is InChI=1S/C12H19N3O3/c1-7(2)10-14-12(18-15-10)13-9-5-4-8(6-9)11(16)17-3/h7-9H,4-6H2,1-3H3,(H,13,14,15)/t8-,9+/m0/s1. The molecule has 1 aromatic heterocycles. The topological polar surface area (TPSA) is 77.2 Å². The molecule has 0 bridgehead atoms. The lowest BCUT2D eigenvalue weighted by atomic mass is 10.1. The van der Waals surface area contributed by atoms with Crippen LogP contribution in [-0.4, -0.2) is 29.3 Å². The Morgan fingerprint density at radius 3 is 2.89 bits per heavy atom. The third kappa shape index (κ3) is 2.80. The normalized spacial score (nSPS) is 23.3. The van der Waals surface area contributed by atoms with Crippen LogP contribution in [-0.2, 0) is 9.53 Å². The summed E-state index contributed by atoms with van der Waals surface area (Å²) in [6.07, 6.45) is 2.51. The molecule has 1 fully saturated rings. The number of carbonyl (C=O) groups is 1. The lowest BCUT2D eigenvalue weighted by Crippen LogP contribution is -2.19. The summed E-state index contributed by atoms with van der Waals surface area (Å²) in [5.41, 5.74) is 0. The number of rotatable bonds is 4. The van der Waals surface area contributed by atoms with Crippen molar-refractivity contribution in [3.8, 4) is 0 Å². The van der Waals surface area contributed by atoms with Gasteiger partial charge in [-0.15, -0.1) is 0 Å². The quantitative estimate of drug-likeness (QED) is 0.826. The van der Waals surface area contributed by atoms with Crippen molar-refractivity contribution in [3.63, 3.8) is 0 Å². The lowest BCUT2D eigenvalue weighted by Gasteiger charge is -2.09. The molecule has 100 valence electrons. The molecule has 1 aliphatic carbocycles. The van der Waals surface area contributed by atoms with Gasteiger partial charge in [0.25, 0.3) is 0 Å². The molecule has 0 aliphatic heterocycles. The number of anilines is 1. The second-order valence-corrected chi connectivity index (χ2v) is 4.99. The van der Waals surface area contributed by atoms with E-state index in [1.807, 2.05) is 13.8 Å². The van der Waals surface area contributed by atoms with E-state index in [0.717, 1.165) is 19.3 Å². The van der Waals surface area contributed by atoms with E-state index in [2.05, 4.69) is 15.5 Å². The molecule has 0 unspecified atom stereocenters. The van der Waals surface area contributed by atoms with Gasteiger partial charge in [0.15, 0.2) is 5.82 Å². The van der Waals surface area contributed by atoms with Crippen molar-refractivity contribution in [2.24, 2.45) is 5.92 Å². The summed E-state index contributed by atoms with van der Waals surface area (Å²) in [6, 6.07) is 0.642. The first-order chi connectivity index (χ1) is 8.60. The molecule has 2 atom stereocenters. The number of methoxy groups -OCH3 is 1. The number of nitrogens with zero attached hydrogens (tertiary/aromatic N) is 2. The second kappa shape index (κ2) is 5.37. The highest BCUT2D eigenvalue weighted by Crippen LogP contribution is 2.28. The van der Waals surface area contributed by atoms with Gasteiger partial charge < -0.3 is 14.6 Å². The maximum atomic E-state index is 11.4. The van der Waals surface area contributed by atoms with E-state index in [1.54, 1.807) is 0 Å². The van der Waals surface area contributed by atoms with Crippen LogP contribution in [0.5, 0.6) is 0 Å². The van der Waals surface area contributed by atoms with Crippen LogP contribution < -0.4 is 5.32 Å². The summed E-state index contributed by atoms with van der Waals surface area (Å²) in [5.74, 6) is 0.795. The van der Waals surface area contributed by atoms with Crippen LogP contribution >= 0.6 is 0 Å². The average Bonchev–Trinajstić information content (AvgIpc) is 2.98. The largest absolute Gasteiger partial charge is 0.469 e. The maximum absolute atomic E-state index is 11.4. The summed E-state index contributed by atoms with van der Waals surface area (Å²) in [4.78, 5) is 15.7. The van der Waals surface area contributed by atoms with E-state index < -0.39 is 0 Å². The number of hydrogen-bond donors (Lipinski definition) is 1. The van der Waals surface area contributed by atoms with Gasteiger partial charge in [-0.05, 0) is 19.3 Å². The van der Waals surface area contributed by atoms with Crippen molar-refractivity contribution >= 4 is 12.0 Å². The predicted octanol–water partition coefficient (Wildman–Crippen LogP) is 1.95. The summed E-state index contributed by atoms with van der Waals surface area (Å²) >= 11 is 0. The van der Waals surface area contributed by atoms with Crippen molar-refractivity contribution in [2.45, 2.75) is 45.1 Å². The van der Waals surface area contributed by atoms with Gasteiger partial charge in [-0.2, -0.15) is 4.98 Å². The zero-order chi connectivity index (χ0) is 13.1. The molecular weight excluding hydrogens is 234 g/mol. The van der Waals surface area contributed by atoms with Crippen molar-refractivity contribution in [2.75, 3.05) is 12.4 Å². The van der Waals surface area contributed by atoms with Gasteiger partial charge in [0, 0.05) is 12.0 Å². The van der Waals surface area contributed by atoms with E-state index in [0.29, 0.717) is 11.8 Å². The molecule has 1 saturated carbocycles. The highest BCUT2D eigenvalue weighted by molar-refractivity contribution is 5.72. The Morgan fingerprint density at radius 1 is 1.50 bits per heavy atom. The van der Waals surface area contributed by atoms with Crippen LogP contribution in [0.1, 0.15) is 44.9 Å². The first-order valence-corrected chi connectivity index (χ1v) is 6.28. The van der Waals surface area contributed by atoms with Gasteiger partial charge in [-0.1, -0.05) is 19.0 Å². The first kappa shape index (κ1) is 12.9. The van der Waals surface area contributed by atoms with Gasteiger partial charge in [-0.25, -0.2) is 0 Å². The molecule has 6 nitrogen and oxygen atoms in total. The van der Waals surface area contributed by atoms with E-state index >= 15 is 0 Å². The van der Waals surface area contributed by atoms with Crippen molar-refractivity contribution < 1.29 is 14.1 Å². The number of esters is 1. The Hall–Kier alpha value is -1.59. The predicted molar refractivity (Wildman–Crippen MR) is 65.2 cm³/mol. The number of carbonyl (C=O) groups excluding carboxylic acids is 1. The zero-order valence-electron chi connectivity index (χ0n) is 11.0. The number of hydrogen-bond acceptors (Lipinski definition) is 6. The van der Waals surface area contributed by atoms with E-state index in [4.69, 9.17) is 9.26 Å². The van der Waals surface area contributed by atoms with Crippen LogP contribution in [0.4, 0.5) is 6.01 Å². The van der Waals surface area contributed by atoms with Crippen molar-refractivity contribution in [1.82, 2.24) is 10.1 Å². The fourth-order valence-corrected chi connectivity index (χ4v) is 2.20. The molecule has 1 aromatic rings. The Labute approximate surface area is 106 Å². The molecule has 0 aromatic carbocycles. The fraction of sp³-hybridized carbons (Fsp3) is 0.750. The summed E-state index contributed by atoms with van der Waals surface area (Å²) in [5, 5.41) is 7.06. The van der Waals surface area contributed by atoms with Gasteiger partial charge >= 0.3 is 12.0 Å². The minimum Gasteiger partial charge on any atom is -0.469 e. The third-order valence-electron chi connectivity index (χ3n) is 3.25. The van der Waals surface area contributed by atoms with E-state index in [1.165, 1.54) is 7.11 Å². The molecule has 1 N–H and O–H groups in total. The summed E-state index contributed by atoms with van der Waals surface area (Å²) in [6.45, 7) is 4.02. The number of nitrogens with one attached hydrogen (secondary N) is 1. The monoisotopic (exact) mass is 253 g/mol. The maximum Gasteiger partial charge on any atom is 0.321 e. The Kier molecular flexibility index (Phi) is 3.84. The van der Waals surface area contributed by atoms with Crippen LogP contribution in [0.3, 0.4) is 0 Å². The fourth-order valence-electron chi connectivity index (χ4n) is 2.20. The average molecular weight is 253 g/mol. The van der Waals surface area contributed by atoms with E-state index in [-0.39, 0.29) is 23.8 Å². The zero-order valence-corrected chi connectivity index (χ0v) is 11.0. The molecule has 18 heavy (non-hydrogen) atoms. The number of ether oxygens (including phenoxy) is 1. The van der Waals surface area contributed by atoms with Gasteiger partial charge in [0.1, 0.15) is 0 Å². The van der Waals surface area contributed by atoms with Gasteiger partial charge in [-0.3, -0.25) is 4.79 Å². The van der Waals surface area contributed by atoms with Gasteiger partial charge in [0.05, 0.1) is 13.0 Å². The van der Waals surface area contributed by atoms with Crippen molar-refractivity contribution in [3.05, 3.63) is 5.82 Å². The molecule has 0 spiro atoms. The van der Waals surface area contributed by atoms with Crippen molar-refractivity contribution in [1.29, 1.82) is 0 Å². The Bertz CT molecular complexity index is 416. The molecule has 0 radical (unpaired) electrons. The molecule has 2 rings (SSSR count). The first-order valence-electron chi connectivity index (χ1n) is 6.28. The summed E-state index contributed by atoms with van der Waals surface area (Å²) in [7, 11) is 1.43. The molecule has 1 heterocycles. The summed E-state index contributed by atoms with van der Waals surface area (Å²) < 4.78 is 9.87. The van der Waals surface area contributed by atoms with E-state index in [9.17, 15) is 4.79 Å². The third-order valence-corrected chi connectivity index (χ3v) is 3.25. The highest BCUT2D eigenvalue weighted by atomic mass is 16.5. The number of aromatic nitrogens is 2. The molecule has 0 saturated heterocycles. The molecule has 1 aliphatic rings. The smallest absolute Gasteiger partial charge is 0.321 e. The second-order valence-electron chi connectivity index (χ2n) is 4.99. The Morgan fingerprint density at radius 2 is 2.28 bits per heavy atom. The van der Waals surface area contributed by atoms with Crippen LogP contribution in [0, 0.1) is 5.92 Å². The van der Waals surface area contributed by atoms with Crippen LogP contribution in [0.15, 0.2) is 4.52 Å². The highest BCUT2D eigenvalue weighted by Gasteiger charge is 2.31. The Balaban J connectivity index is 1.89. The molecular formula is C12H19N3O3. The minimum absolute atomic E-state index is 0.0139. The minimum atomic E-state index is -0.132. The van der Waals surface area contributed by atoms with Crippen LogP contribution in [0.2, 0.25) is 0 Å². The molecule has 0 amide bonds. The lowest BCUT2D eigenvalue weighted by molar-refractivity contribution is -0.145. The van der Waals surface area contributed by atoms with Crippen LogP contribution in [0.25, 0.3) is 0 Å². The van der Waals surface area contributed by atoms with Gasteiger partial charge in [0.2, 0.25) is 0 Å². The SMILES string of the molecule is COC(=O)[C@H]1CC[C@@H](Nc2nc(C(C)C)no2)C1.